The van der Waals surface area contributed by atoms with Crippen LogP contribution in [0.3, 0.4) is 0 Å². The van der Waals surface area contributed by atoms with Crippen molar-refractivity contribution in [2.75, 3.05) is 13.7 Å². The van der Waals surface area contributed by atoms with Crippen molar-refractivity contribution >= 4 is 22.7 Å². The van der Waals surface area contributed by atoms with Gasteiger partial charge in [-0.3, -0.25) is 9.59 Å². The van der Waals surface area contributed by atoms with Gasteiger partial charge < -0.3 is 21.1 Å². The van der Waals surface area contributed by atoms with Gasteiger partial charge >= 0.3 is 0 Å². The van der Waals surface area contributed by atoms with Gasteiger partial charge in [0.15, 0.2) is 0 Å². The van der Waals surface area contributed by atoms with Gasteiger partial charge in [0.05, 0.1) is 18.2 Å². The van der Waals surface area contributed by atoms with Crippen molar-refractivity contribution in [3.63, 3.8) is 0 Å². The molecule has 0 radical (unpaired) electrons. The number of hydrogen-bond donors (Lipinski definition) is 3. The SMILES string of the molecule is COc1cc(C(=O)NC2CCC(NC(=O)CCN)CC2)c2ccccc2n1. The number of nitrogens with one attached hydrogen (secondary N) is 2. The Balaban J connectivity index is 1.63. The molecule has 2 aromatic rings. The van der Waals surface area contributed by atoms with Gasteiger partial charge in [0.25, 0.3) is 5.91 Å². The van der Waals surface area contributed by atoms with Crippen molar-refractivity contribution in [3.8, 4) is 5.88 Å². The number of hydrogen-bond acceptors (Lipinski definition) is 5. The summed E-state index contributed by atoms with van der Waals surface area (Å²) >= 11 is 0. The number of methoxy groups -OCH3 is 1. The van der Waals surface area contributed by atoms with Gasteiger partial charge in [-0.15, -0.1) is 0 Å². The largest absolute Gasteiger partial charge is 0.481 e. The van der Waals surface area contributed by atoms with E-state index in [0.29, 0.717) is 24.4 Å². The third-order valence-corrected chi connectivity index (χ3v) is 4.95. The Kier molecular flexibility index (Phi) is 6.24. The molecule has 1 saturated carbocycles. The van der Waals surface area contributed by atoms with Crippen LogP contribution in [0.2, 0.25) is 0 Å². The topological polar surface area (TPSA) is 106 Å². The number of benzene rings is 1. The van der Waals surface area contributed by atoms with Gasteiger partial charge in [0.1, 0.15) is 0 Å². The van der Waals surface area contributed by atoms with E-state index in [1.807, 2.05) is 24.3 Å². The lowest BCUT2D eigenvalue weighted by Gasteiger charge is -2.29. The maximum absolute atomic E-state index is 12.9. The Morgan fingerprint density at radius 3 is 2.48 bits per heavy atom. The minimum absolute atomic E-state index is 0.000311. The molecule has 7 heteroatoms. The maximum atomic E-state index is 12.9. The summed E-state index contributed by atoms with van der Waals surface area (Å²) in [6.45, 7) is 0.362. The molecule has 1 fully saturated rings. The van der Waals surface area contributed by atoms with Crippen molar-refractivity contribution in [2.45, 2.75) is 44.2 Å². The first-order valence-electron chi connectivity index (χ1n) is 9.34. The fourth-order valence-electron chi connectivity index (χ4n) is 3.52. The molecule has 1 heterocycles. The number of nitrogens with zero attached hydrogens (tertiary/aromatic N) is 1. The van der Waals surface area contributed by atoms with Crippen LogP contribution in [-0.2, 0) is 4.79 Å². The summed E-state index contributed by atoms with van der Waals surface area (Å²) in [6, 6.07) is 9.47. The first-order chi connectivity index (χ1) is 13.1. The first-order valence-corrected chi connectivity index (χ1v) is 9.34. The number of fused-ring (bicyclic) bond motifs is 1. The minimum Gasteiger partial charge on any atom is -0.481 e. The van der Waals surface area contributed by atoms with E-state index in [1.54, 1.807) is 13.2 Å². The highest BCUT2D eigenvalue weighted by molar-refractivity contribution is 6.06. The summed E-state index contributed by atoms with van der Waals surface area (Å²) in [4.78, 5) is 28.9. The van der Waals surface area contributed by atoms with Crippen molar-refractivity contribution in [3.05, 3.63) is 35.9 Å². The number of rotatable bonds is 6. The molecule has 144 valence electrons. The lowest BCUT2D eigenvalue weighted by atomic mass is 9.90. The van der Waals surface area contributed by atoms with Crippen LogP contribution in [0.4, 0.5) is 0 Å². The highest BCUT2D eigenvalue weighted by Crippen LogP contribution is 2.23. The molecule has 0 atom stereocenters. The van der Waals surface area contributed by atoms with Crippen molar-refractivity contribution in [1.82, 2.24) is 15.6 Å². The van der Waals surface area contributed by atoms with Gasteiger partial charge in [0, 0.05) is 36.5 Å². The molecule has 1 aromatic carbocycles. The van der Waals surface area contributed by atoms with E-state index in [1.165, 1.54) is 0 Å². The molecule has 0 aliphatic heterocycles. The number of nitrogens with two attached hydrogens (primary N) is 1. The summed E-state index contributed by atoms with van der Waals surface area (Å²) in [7, 11) is 1.54. The smallest absolute Gasteiger partial charge is 0.252 e. The zero-order valence-corrected chi connectivity index (χ0v) is 15.5. The number of para-hydroxylation sites is 1. The summed E-state index contributed by atoms with van der Waals surface area (Å²) in [5.41, 5.74) is 6.70. The predicted octanol–water partition coefficient (Wildman–Crippen LogP) is 1.75. The second kappa shape index (κ2) is 8.81. The second-order valence-corrected chi connectivity index (χ2v) is 6.86. The van der Waals surface area contributed by atoms with Crippen molar-refractivity contribution < 1.29 is 14.3 Å². The summed E-state index contributed by atoms with van der Waals surface area (Å²) < 4.78 is 5.23. The Morgan fingerprint density at radius 1 is 1.15 bits per heavy atom. The van der Waals surface area contributed by atoms with E-state index in [-0.39, 0.29) is 23.9 Å². The molecule has 4 N–H and O–H groups in total. The lowest BCUT2D eigenvalue weighted by molar-refractivity contribution is -0.121. The highest BCUT2D eigenvalue weighted by atomic mass is 16.5. The fourth-order valence-corrected chi connectivity index (χ4v) is 3.52. The number of pyridine rings is 1. The van der Waals surface area contributed by atoms with Crippen molar-refractivity contribution in [1.29, 1.82) is 0 Å². The van der Waals surface area contributed by atoms with E-state index in [2.05, 4.69) is 15.6 Å². The van der Waals surface area contributed by atoms with Crippen LogP contribution in [0.1, 0.15) is 42.5 Å². The van der Waals surface area contributed by atoms with E-state index in [0.717, 1.165) is 36.6 Å². The normalized spacial score (nSPS) is 19.5. The van der Waals surface area contributed by atoms with Crippen LogP contribution in [-0.4, -0.2) is 42.5 Å². The van der Waals surface area contributed by atoms with Crippen molar-refractivity contribution in [2.24, 2.45) is 5.73 Å². The Hall–Kier alpha value is -2.67. The van der Waals surface area contributed by atoms with Crippen LogP contribution in [0.15, 0.2) is 30.3 Å². The minimum atomic E-state index is -0.123. The third-order valence-electron chi connectivity index (χ3n) is 4.95. The number of amides is 2. The van der Waals surface area contributed by atoms with Gasteiger partial charge in [-0.25, -0.2) is 4.98 Å². The molecule has 1 aliphatic carbocycles. The molecule has 1 aromatic heterocycles. The number of ether oxygens (including phenoxy) is 1. The van der Waals surface area contributed by atoms with E-state index in [9.17, 15) is 9.59 Å². The molecular weight excluding hydrogens is 344 g/mol. The number of aromatic nitrogens is 1. The molecule has 1 aliphatic rings. The average Bonchev–Trinajstić information content (AvgIpc) is 2.68. The zero-order chi connectivity index (χ0) is 19.2. The van der Waals surface area contributed by atoms with Crippen LogP contribution in [0.5, 0.6) is 5.88 Å². The van der Waals surface area contributed by atoms with Crippen LogP contribution < -0.4 is 21.1 Å². The molecule has 0 bridgehead atoms. The lowest BCUT2D eigenvalue weighted by Crippen LogP contribution is -2.44. The summed E-state index contributed by atoms with van der Waals surface area (Å²) in [5, 5.41) is 6.94. The maximum Gasteiger partial charge on any atom is 0.252 e. The van der Waals surface area contributed by atoms with E-state index >= 15 is 0 Å². The summed E-state index contributed by atoms with van der Waals surface area (Å²) in [6.07, 6.45) is 3.72. The van der Waals surface area contributed by atoms with Crippen LogP contribution in [0, 0.1) is 0 Å². The first kappa shape index (κ1) is 19.1. The molecule has 0 saturated heterocycles. The molecule has 27 heavy (non-hydrogen) atoms. The number of carbonyl (C=O) groups excluding carboxylic acids is 2. The standard InChI is InChI=1S/C20H26N4O3/c1-27-19-12-16(15-4-2-3-5-17(15)24-19)20(26)23-14-8-6-13(7-9-14)22-18(25)10-11-21/h2-5,12-14H,6-11,21H2,1H3,(H,22,25)(H,23,26). The van der Waals surface area contributed by atoms with Gasteiger partial charge in [0.2, 0.25) is 11.8 Å². The third kappa shape index (κ3) is 4.74. The summed E-state index contributed by atoms with van der Waals surface area (Å²) in [5.74, 6) is 0.299. The zero-order valence-electron chi connectivity index (χ0n) is 15.5. The van der Waals surface area contributed by atoms with Gasteiger partial charge in [-0.05, 0) is 31.7 Å². The van der Waals surface area contributed by atoms with E-state index in [4.69, 9.17) is 10.5 Å². The molecular formula is C20H26N4O3. The molecule has 7 nitrogen and oxygen atoms in total. The molecule has 0 unspecified atom stereocenters. The highest BCUT2D eigenvalue weighted by Gasteiger charge is 2.24. The monoisotopic (exact) mass is 370 g/mol. The molecule has 2 amide bonds. The fraction of sp³-hybridized carbons (Fsp3) is 0.450. The second-order valence-electron chi connectivity index (χ2n) is 6.86. The predicted molar refractivity (Wildman–Crippen MR) is 104 cm³/mol. The Bertz CT molecular complexity index is 816. The number of carbonyl (C=O) groups is 2. The molecule has 0 spiro atoms. The van der Waals surface area contributed by atoms with E-state index < -0.39 is 0 Å². The van der Waals surface area contributed by atoms with Crippen LogP contribution >= 0.6 is 0 Å². The molecule has 3 rings (SSSR count). The average molecular weight is 370 g/mol. The van der Waals surface area contributed by atoms with Gasteiger partial charge in [-0.1, -0.05) is 18.2 Å². The Labute approximate surface area is 158 Å². The van der Waals surface area contributed by atoms with Crippen LogP contribution in [0.25, 0.3) is 10.9 Å². The quantitative estimate of drug-likeness (QED) is 0.718. The Morgan fingerprint density at radius 2 is 1.81 bits per heavy atom. The van der Waals surface area contributed by atoms with Gasteiger partial charge in [-0.2, -0.15) is 0 Å².